The maximum atomic E-state index is 5.68. The molecule has 0 radical (unpaired) electrons. The van der Waals surface area contributed by atoms with Crippen molar-refractivity contribution in [2.24, 2.45) is 5.73 Å². The lowest BCUT2D eigenvalue weighted by Crippen LogP contribution is -2.15. The fourth-order valence-electron chi connectivity index (χ4n) is 1.39. The molecule has 1 aromatic carbocycles. The van der Waals surface area contributed by atoms with Gasteiger partial charge in [-0.2, -0.15) is 11.8 Å². The summed E-state index contributed by atoms with van der Waals surface area (Å²) in [5, 5.41) is 0. The highest BCUT2D eigenvalue weighted by Crippen LogP contribution is 2.09. The van der Waals surface area contributed by atoms with Crippen molar-refractivity contribution in [3.8, 4) is 0 Å². The molecule has 0 aliphatic heterocycles. The summed E-state index contributed by atoms with van der Waals surface area (Å²) in [5.74, 6) is 2.45. The summed E-state index contributed by atoms with van der Waals surface area (Å²) in [7, 11) is 0. The Morgan fingerprint density at radius 2 is 1.93 bits per heavy atom. The summed E-state index contributed by atoms with van der Waals surface area (Å²) in [4.78, 5) is 0. The number of hydrogen-bond acceptors (Lipinski definition) is 2. The largest absolute Gasteiger partial charge is 0.328 e. The fraction of sp³-hybridized carbons (Fsp3) is 0.538. The van der Waals surface area contributed by atoms with Gasteiger partial charge in [0.05, 0.1) is 0 Å². The van der Waals surface area contributed by atoms with E-state index in [0.29, 0.717) is 6.04 Å². The summed E-state index contributed by atoms with van der Waals surface area (Å²) in [6.07, 6.45) is 3.61. The molecule has 1 aromatic rings. The Kier molecular flexibility index (Phi) is 6.53. The van der Waals surface area contributed by atoms with Crippen LogP contribution in [-0.4, -0.2) is 17.5 Å². The summed E-state index contributed by atoms with van der Waals surface area (Å²) in [6, 6.07) is 11.0. The van der Waals surface area contributed by atoms with Crippen LogP contribution in [0.1, 0.15) is 25.3 Å². The molecule has 0 aromatic heterocycles. The minimum atomic E-state index is 0.353. The predicted molar refractivity (Wildman–Crippen MR) is 70.4 cm³/mol. The Bertz CT molecular complexity index is 246. The van der Waals surface area contributed by atoms with Crippen molar-refractivity contribution >= 4 is 11.8 Å². The van der Waals surface area contributed by atoms with Crippen LogP contribution in [0.3, 0.4) is 0 Å². The van der Waals surface area contributed by atoms with Gasteiger partial charge in [0.15, 0.2) is 0 Å². The van der Waals surface area contributed by atoms with Crippen LogP contribution in [0, 0.1) is 0 Å². The first-order valence-corrected chi connectivity index (χ1v) is 6.82. The van der Waals surface area contributed by atoms with Gasteiger partial charge in [-0.25, -0.2) is 0 Å². The Labute approximate surface area is 97.4 Å². The van der Waals surface area contributed by atoms with E-state index in [-0.39, 0.29) is 0 Å². The number of aryl methyl sites for hydroxylation is 1. The number of thioether (sulfide) groups is 1. The van der Waals surface area contributed by atoms with Gasteiger partial charge in [-0.1, -0.05) is 30.3 Å². The maximum Gasteiger partial charge on any atom is 0.00183 e. The Balaban J connectivity index is 1.98. The van der Waals surface area contributed by atoms with Gasteiger partial charge in [-0.3, -0.25) is 0 Å². The van der Waals surface area contributed by atoms with Gasteiger partial charge in [0.1, 0.15) is 0 Å². The second kappa shape index (κ2) is 7.77. The molecular formula is C13H21NS. The predicted octanol–water partition coefficient (Wildman–Crippen LogP) is 3.09. The van der Waals surface area contributed by atoms with Crippen LogP contribution in [0.25, 0.3) is 0 Å². The van der Waals surface area contributed by atoms with E-state index < -0.39 is 0 Å². The van der Waals surface area contributed by atoms with Crippen LogP contribution < -0.4 is 5.73 Å². The average Bonchev–Trinajstić information content (AvgIpc) is 2.24. The first-order chi connectivity index (χ1) is 7.29. The average molecular weight is 223 g/mol. The van der Waals surface area contributed by atoms with Crippen molar-refractivity contribution in [1.29, 1.82) is 0 Å². The standard InChI is InChI=1S/C13H21NS/c1-12(14)9-11-15-10-5-8-13-6-3-2-4-7-13/h2-4,6-7,12H,5,8-11,14H2,1H3. The Morgan fingerprint density at radius 3 is 2.60 bits per heavy atom. The van der Waals surface area contributed by atoms with Crippen LogP contribution in [0.4, 0.5) is 0 Å². The van der Waals surface area contributed by atoms with Crippen LogP contribution >= 0.6 is 11.8 Å². The van der Waals surface area contributed by atoms with Crippen molar-refractivity contribution in [3.05, 3.63) is 35.9 Å². The van der Waals surface area contributed by atoms with Crippen molar-refractivity contribution in [1.82, 2.24) is 0 Å². The van der Waals surface area contributed by atoms with Gasteiger partial charge in [-0.15, -0.1) is 0 Å². The molecule has 0 heterocycles. The monoisotopic (exact) mass is 223 g/mol. The Hall–Kier alpha value is -0.470. The van der Waals surface area contributed by atoms with Gasteiger partial charge in [0, 0.05) is 6.04 Å². The fourth-order valence-corrected chi connectivity index (χ4v) is 2.49. The van der Waals surface area contributed by atoms with Gasteiger partial charge in [0.25, 0.3) is 0 Å². The van der Waals surface area contributed by atoms with Crippen LogP contribution in [0.5, 0.6) is 0 Å². The minimum absolute atomic E-state index is 0.353. The number of hydrogen-bond donors (Lipinski definition) is 1. The van der Waals surface area contributed by atoms with E-state index in [0.717, 1.165) is 6.42 Å². The molecule has 1 atom stereocenters. The van der Waals surface area contributed by atoms with Crippen LogP contribution in [0.2, 0.25) is 0 Å². The summed E-state index contributed by atoms with van der Waals surface area (Å²) < 4.78 is 0. The molecular weight excluding hydrogens is 202 g/mol. The van der Waals surface area contributed by atoms with E-state index in [9.17, 15) is 0 Å². The van der Waals surface area contributed by atoms with Crippen molar-refractivity contribution < 1.29 is 0 Å². The normalized spacial score (nSPS) is 12.7. The summed E-state index contributed by atoms with van der Waals surface area (Å²) in [5.41, 5.74) is 7.13. The summed E-state index contributed by atoms with van der Waals surface area (Å²) in [6.45, 7) is 2.07. The quantitative estimate of drug-likeness (QED) is 0.719. The lowest BCUT2D eigenvalue weighted by atomic mass is 10.1. The zero-order valence-electron chi connectivity index (χ0n) is 9.49. The molecule has 0 saturated heterocycles. The molecule has 15 heavy (non-hydrogen) atoms. The molecule has 2 N–H and O–H groups in total. The van der Waals surface area contributed by atoms with Crippen molar-refractivity contribution in [3.63, 3.8) is 0 Å². The Morgan fingerprint density at radius 1 is 1.20 bits per heavy atom. The third kappa shape index (κ3) is 6.58. The molecule has 0 saturated carbocycles. The van der Waals surface area contributed by atoms with Gasteiger partial charge < -0.3 is 5.73 Å². The number of nitrogens with two attached hydrogens (primary N) is 1. The first kappa shape index (κ1) is 12.6. The molecule has 0 amide bonds. The molecule has 2 heteroatoms. The van der Waals surface area contributed by atoms with Crippen molar-refractivity contribution in [2.75, 3.05) is 11.5 Å². The van der Waals surface area contributed by atoms with Crippen LogP contribution in [0.15, 0.2) is 30.3 Å². The van der Waals surface area contributed by atoms with E-state index in [1.807, 2.05) is 11.8 Å². The molecule has 0 aliphatic carbocycles. The van der Waals surface area contributed by atoms with Gasteiger partial charge >= 0.3 is 0 Å². The third-order valence-electron chi connectivity index (χ3n) is 2.31. The topological polar surface area (TPSA) is 26.0 Å². The highest BCUT2D eigenvalue weighted by Gasteiger charge is 1.95. The smallest absolute Gasteiger partial charge is 0.00183 e. The highest BCUT2D eigenvalue weighted by molar-refractivity contribution is 7.99. The SMILES string of the molecule is CC(N)CCSCCCc1ccccc1. The van der Waals surface area contributed by atoms with Gasteiger partial charge in [-0.05, 0) is 43.3 Å². The number of rotatable bonds is 7. The summed E-state index contributed by atoms with van der Waals surface area (Å²) >= 11 is 2.02. The minimum Gasteiger partial charge on any atom is -0.328 e. The van der Waals surface area contributed by atoms with E-state index in [1.54, 1.807) is 0 Å². The van der Waals surface area contributed by atoms with E-state index >= 15 is 0 Å². The molecule has 1 unspecified atom stereocenters. The third-order valence-corrected chi connectivity index (χ3v) is 3.42. The zero-order chi connectivity index (χ0) is 10.9. The second-order valence-electron chi connectivity index (χ2n) is 3.97. The first-order valence-electron chi connectivity index (χ1n) is 5.66. The van der Waals surface area contributed by atoms with Crippen molar-refractivity contribution in [2.45, 2.75) is 32.2 Å². The highest BCUT2D eigenvalue weighted by atomic mass is 32.2. The van der Waals surface area contributed by atoms with E-state index in [4.69, 9.17) is 5.73 Å². The molecule has 0 spiro atoms. The lowest BCUT2D eigenvalue weighted by Gasteiger charge is -2.04. The molecule has 1 nitrogen and oxygen atoms in total. The molecule has 84 valence electrons. The van der Waals surface area contributed by atoms with E-state index in [2.05, 4.69) is 37.3 Å². The maximum absolute atomic E-state index is 5.68. The molecule has 0 bridgehead atoms. The lowest BCUT2D eigenvalue weighted by molar-refractivity contribution is 0.721. The van der Waals surface area contributed by atoms with Crippen LogP contribution in [-0.2, 0) is 6.42 Å². The molecule has 1 rings (SSSR count). The number of benzene rings is 1. The second-order valence-corrected chi connectivity index (χ2v) is 5.19. The molecule has 0 fully saturated rings. The molecule has 0 aliphatic rings. The van der Waals surface area contributed by atoms with Gasteiger partial charge in [0.2, 0.25) is 0 Å². The van der Waals surface area contributed by atoms with E-state index in [1.165, 1.54) is 29.9 Å². The zero-order valence-corrected chi connectivity index (χ0v) is 10.3.